The Morgan fingerprint density at radius 2 is 2.00 bits per heavy atom. The first kappa shape index (κ1) is 12.9. The van der Waals surface area contributed by atoms with Crippen LogP contribution in [0.15, 0.2) is 0 Å². The van der Waals surface area contributed by atoms with Crippen LogP contribution in [-0.4, -0.2) is 42.7 Å². The van der Waals surface area contributed by atoms with E-state index in [2.05, 4.69) is 18.7 Å². The van der Waals surface area contributed by atoms with Gasteiger partial charge in [0.2, 0.25) is 0 Å². The zero-order chi connectivity index (χ0) is 11.3. The number of nitrogens with two attached hydrogens (primary N) is 1. The summed E-state index contributed by atoms with van der Waals surface area (Å²) in [5, 5.41) is 0. The molecule has 1 fully saturated rings. The van der Waals surface area contributed by atoms with Gasteiger partial charge < -0.3 is 10.5 Å². The fourth-order valence-corrected chi connectivity index (χ4v) is 1.79. The lowest BCUT2D eigenvalue weighted by atomic mass is 9.88. The van der Waals surface area contributed by atoms with Crippen molar-refractivity contribution < 1.29 is 4.74 Å². The standard InChI is InChI=1S/C11H22N2OS/c1-11(2,10(12)15)4-3-5-13-6-8-14-9-7-13/h3-9H2,1-2H3,(H2,12,15). The van der Waals surface area contributed by atoms with Crippen molar-refractivity contribution >= 4 is 17.2 Å². The van der Waals surface area contributed by atoms with Crippen molar-refractivity contribution in [2.75, 3.05) is 32.8 Å². The molecule has 0 saturated carbocycles. The number of rotatable bonds is 5. The summed E-state index contributed by atoms with van der Waals surface area (Å²) in [7, 11) is 0. The van der Waals surface area contributed by atoms with Crippen LogP contribution in [0, 0.1) is 5.41 Å². The largest absolute Gasteiger partial charge is 0.393 e. The fourth-order valence-electron chi connectivity index (χ4n) is 1.69. The molecule has 0 radical (unpaired) electrons. The van der Waals surface area contributed by atoms with E-state index < -0.39 is 0 Å². The molecule has 3 nitrogen and oxygen atoms in total. The molecule has 88 valence electrons. The third kappa shape index (κ3) is 4.45. The van der Waals surface area contributed by atoms with Gasteiger partial charge in [-0.05, 0) is 19.4 Å². The van der Waals surface area contributed by atoms with Crippen molar-refractivity contribution in [1.29, 1.82) is 0 Å². The number of morpholine rings is 1. The van der Waals surface area contributed by atoms with Crippen molar-refractivity contribution in [3.05, 3.63) is 0 Å². The topological polar surface area (TPSA) is 38.5 Å². The van der Waals surface area contributed by atoms with E-state index in [4.69, 9.17) is 22.7 Å². The Balaban J connectivity index is 2.17. The van der Waals surface area contributed by atoms with E-state index in [0.717, 1.165) is 45.7 Å². The minimum Gasteiger partial charge on any atom is -0.393 e. The molecule has 0 aromatic carbocycles. The maximum atomic E-state index is 5.69. The number of nitrogens with zero attached hydrogens (tertiary/aromatic N) is 1. The normalized spacial score (nSPS) is 19.1. The summed E-state index contributed by atoms with van der Waals surface area (Å²) >= 11 is 5.05. The quantitative estimate of drug-likeness (QED) is 0.725. The molecule has 0 aliphatic carbocycles. The Labute approximate surface area is 98.0 Å². The Bertz CT molecular complexity index is 213. The summed E-state index contributed by atoms with van der Waals surface area (Å²) < 4.78 is 5.30. The molecule has 0 atom stereocenters. The van der Waals surface area contributed by atoms with E-state index in [1.807, 2.05) is 0 Å². The number of hydrogen-bond donors (Lipinski definition) is 1. The van der Waals surface area contributed by atoms with Gasteiger partial charge in [0.15, 0.2) is 0 Å². The molecular weight excluding hydrogens is 208 g/mol. The number of hydrogen-bond acceptors (Lipinski definition) is 3. The average molecular weight is 230 g/mol. The highest BCUT2D eigenvalue weighted by Crippen LogP contribution is 2.22. The van der Waals surface area contributed by atoms with Crippen LogP contribution in [0.25, 0.3) is 0 Å². The van der Waals surface area contributed by atoms with Crippen LogP contribution >= 0.6 is 12.2 Å². The molecule has 0 aromatic rings. The van der Waals surface area contributed by atoms with Gasteiger partial charge in [0.25, 0.3) is 0 Å². The first-order valence-electron chi connectivity index (χ1n) is 5.62. The molecular formula is C11H22N2OS. The van der Waals surface area contributed by atoms with Gasteiger partial charge in [0, 0.05) is 18.5 Å². The summed E-state index contributed by atoms with van der Waals surface area (Å²) in [4.78, 5) is 3.07. The molecule has 0 amide bonds. The lowest BCUT2D eigenvalue weighted by Crippen LogP contribution is -2.37. The zero-order valence-corrected chi connectivity index (χ0v) is 10.6. The molecule has 0 spiro atoms. The second-order valence-electron chi connectivity index (χ2n) is 4.81. The van der Waals surface area contributed by atoms with Gasteiger partial charge in [-0.3, -0.25) is 4.90 Å². The van der Waals surface area contributed by atoms with E-state index >= 15 is 0 Å². The number of ether oxygens (including phenoxy) is 1. The predicted molar refractivity (Wildman–Crippen MR) is 67.1 cm³/mol. The predicted octanol–water partition coefficient (Wildman–Crippen LogP) is 1.41. The van der Waals surface area contributed by atoms with Gasteiger partial charge in [0.05, 0.1) is 18.2 Å². The minimum absolute atomic E-state index is 0.00161. The average Bonchev–Trinajstić information content (AvgIpc) is 2.19. The molecule has 1 aliphatic rings. The highest BCUT2D eigenvalue weighted by atomic mass is 32.1. The van der Waals surface area contributed by atoms with Gasteiger partial charge in [0.1, 0.15) is 0 Å². The highest BCUT2D eigenvalue weighted by Gasteiger charge is 2.21. The summed E-state index contributed by atoms with van der Waals surface area (Å²) in [6.45, 7) is 9.25. The van der Waals surface area contributed by atoms with E-state index in [1.54, 1.807) is 0 Å². The van der Waals surface area contributed by atoms with E-state index in [-0.39, 0.29) is 5.41 Å². The van der Waals surface area contributed by atoms with Gasteiger partial charge in [-0.15, -0.1) is 0 Å². The maximum absolute atomic E-state index is 5.69. The third-order valence-electron chi connectivity index (χ3n) is 3.05. The lowest BCUT2D eigenvalue weighted by Gasteiger charge is -2.28. The molecule has 0 aromatic heterocycles. The van der Waals surface area contributed by atoms with Crippen LogP contribution < -0.4 is 5.73 Å². The second kappa shape index (κ2) is 5.77. The van der Waals surface area contributed by atoms with Gasteiger partial charge >= 0.3 is 0 Å². The second-order valence-corrected chi connectivity index (χ2v) is 5.25. The first-order chi connectivity index (χ1) is 7.02. The molecule has 4 heteroatoms. The van der Waals surface area contributed by atoms with Crippen molar-refractivity contribution in [3.63, 3.8) is 0 Å². The van der Waals surface area contributed by atoms with E-state index in [9.17, 15) is 0 Å². The Kier molecular flexibility index (Phi) is 4.96. The lowest BCUT2D eigenvalue weighted by molar-refractivity contribution is 0.0365. The molecule has 2 N–H and O–H groups in total. The summed E-state index contributed by atoms with van der Waals surface area (Å²) in [6.07, 6.45) is 2.23. The minimum atomic E-state index is 0.00161. The van der Waals surface area contributed by atoms with Crippen LogP contribution in [0.4, 0.5) is 0 Å². The Morgan fingerprint density at radius 1 is 1.40 bits per heavy atom. The van der Waals surface area contributed by atoms with Gasteiger partial charge in [-0.25, -0.2) is 0 Å². The molecule has 1 rings (SSSR count). The molecule has 1 saturated heterocycles. The van der Waals surface area contributed by atoms with Crippen LogP contribution in [0.1, 0.15) is 26.7 Å². The monoisotopic (exact) mass is 230 g/mol. The van der Waals surface area contributed by atoms with Gasteiger partial charge in [-0.2, -0.15) is 0 Å². The zero-order valence-electron chi connectivity index (χ0n) is 9.79. The first-order valence-corrected chi connectivity index (χ1v) is 6.03. The Morgan fingerprint density at radius 3 is 2.53 bits per heavy atom. The van der Waals surface area contributed by atoms with E-state index in [1.165, 1.54) is 0 Å². The molecule has 15 heavy (non-hydrogen) atoms. The van der Waals surface area contributed by atoms with Crippen LogP contribution in [0.5, 0.6) is 0 Å². The maximum Gasteiger partial charge on any atom is 0.0784 e. The molecule has 0 unspecified atom stereocenters. The van der Waals surface area contributed by atoms with Crippen molar-refractivity contribution in [3.8, 4) is 0 Å². The van der Waals surface area contributed by atoms with Crippen LogP contribution in [0.2, 0.25) is 0 Å². The van der Waals surface area contributed by atoms with E-state index in [0.29, 0.717) is 4.99 Å². The number of thiocarbonyl (C=S) groups is 1. The van der Waals surface area contributed by atoms with Crippen LogP contribution in [-0.2, 0) is 4.74 Å². The molecule has 1 aliphatic heterocycles. The molecule has 0 bridgehead atoms. The summed E-state index contributed by atoms with van der Waals surface area (Å²) in [5.74, 6) is 0. The third-order valence-corrected chi connectivity index (χ3v) is 3.60. The smallest absolute Gasteiger partial charge is 0.0784 e. The summed E-state index contributed by atoms with van der Waals surface area (Å²) in [6, 6.07) is 0. The van der Waals surface area contributed by atoms with Crippen molar-refractivity contribution in [2.24, 2.45) is 11.1 Å². The van der Waals surface area contributed by atoms with Crippen molar-refractivity contribution in [1.82, 2.24) is 4.90 Å². The molecule has 1 heterocycles. The fraction of sp³-hybridized carbons (Fsp3) is 0.909. The summed E-state index contributed by atoms with van der Waals surface area (Å²) in [5.41, 5.74) is 5.69. The van der Waals surface area contributed by atoms with Crippen LogP contribution in [0.3, 0.4) is 0 Å². The van der Waals surface area contributed by atoms with Gasteiger partial charge in [-0.1, -0.05) is 26.1 Å². The van der Waals surface area contributed by atoms with Crippen molar-refractivity contribution in [2.45, 2.75) is 26.7 Å². The Hall–Kier alpha value is -0.190. The SMILES string of the molecule is CC(C)(CCCN1CCOCC1)C(N)=S. The highest BCUT2D eigenvalue weighted by molar-refractivity contribution is 7.80.